The summed E-state index contributed by atoms with van der Waals surface area (Å²) in [4.78, 5) is 30.5. The van der Waals surface area contributed by atoms with Crippen LogP contribution in [0.5, 0.6) is 0 Å². The summed E-state index contributed by atoms with van der Waals surface area (Å²) >= 11 is 0. The third kappa shape index (κ3) is 5.88. The summed E-state index contributed by atoms with van der Waals surface area (Å²) in [6.45, 7) is 2.47. The maximum atomic E-state index is 14.3. The first-order valence-corrected chi connectivity index (χ1v) is 13.5. The number of aromatic nitrogens is 2. The summed E-state index contributed by atoms with van der Waals surface area (Å²) in [5, 5.41) is 13.8. The summed E-state index contributed by atoms with van der Waals surface area (Å²) in [6, 6.07) is 6.60. The molecule has 0 bridgehead atoms. The van der Waals surface area contributed by atoms with Crippen LogP contribution in [-0.2, 0) is 23.9 Å². The Labute approximate surface area is 247 Å². The Hall–Kier alpha value is -4.75. The van der Waals surface area contributed by atoms with E-state index in [2.05, 4.69) is 15.4 Å². The summed E-state index contributed by atoms with van der Waals surface area (Å²) in [7, 11) is 0. The third-order valence-electron chi connectivity index (χ3n) is 7.64. The standard InChI is InChI=1S/C30H26F6N6O2/c1-3-39-25(13(2)15-4-5-21(33)20(9-15)29(37)38)22(8-14-6-16(31)10-17(32)7-14)40-23(43)12-42-26-24(18-11-19(18)27(26)44)28(41-42)30(34,35)36/h3-7,9-10,13,18-19H,8,11-12H2,1-2H3,(H3,37,38)(H,40,43)/b25-22-,39-3?. The zero-order valence-corrected chi connectivity index (χ0v) is 23.4. The molecular formula is C30H26F6N6O2. The highest BCUT2D eigenvalue weighted by atomic mass is 19.4. The number of aliphatic imine (C=N–C) groups is 1. The maximum absolute atomic E-state index is 14.3. The van der Waals surface area contributed by atoms with Crippen LogP contribution in [0.1, 0.15) is 70.5 Å². The normalized spacial score (nSPS) is 18.6. The van der Waals surface area contributed by atoms with Gasteiger partial charge in [-0.1, -0.05) is 13.0 Å². The van der Waals surface area contributed by atoms with E-state index in [0.29, 0.717) is 18.1 Å². The van der Waals surface area contributed by atoms with E-state index in [4.69, 9.17) is 11.1 Å². The fraction of sp³-hybridized carbons (Fsp3) is 0.300. The second-order valence-electron chi connectivity index (χ2n) is 10.7. The molecule has 4 N–H and O–H groups in total. The highest BCUT2D eigenvalue weighted by molar-refractivity contribution is 6.05. The Bertz CT molecular complexity index is 1740. The lowest BCUT2D eigenvalue weighted by Crippen LogP contribution is -2.31. The van der Waals surface area contributed by atoms with E-state index >= 15 is 0 Å². The number of hydrogen-bond donors (Lipinski definition) is 3. The number of nitrogens with one attached hydrogen (secondary N) is 2. The van der Waals surface area contributed by atoms with E-state index in [-0.39, 0.29) is 40.2 Å². The van der Waals surface area contributed by atoms with Gasteiger partial charge >= 0.3 is 6.18 Å². The number of carbonyl (C=O) groups is 2. The molecule has 1 fully saturated rings. The van der Waals surface area contributed by atoms with Crippen molar-refractivity contribution >= 4 is 23.7 Å². The molecule has 2 aliphatic carbocycles. The van der Waals surface area contributed by atoms with Gasteiger partial charge in [0.2, 0.25) is 5.91 Å². The van der Waals surface area contributed by atoms with Crippen LogP contribution in [0, 0.1) is 28.8 Å². The first-order chi connectivity index (χ1) is 20.7. The fourth-order valence-electron chi connectivity index (χ4n) is 5.62. The first-order valence-electron chi connectivity index (χ1n) is 13.5. The predicted molar refractivity (Wildman–Crippen MR) is 148 cm³/mol. The Morgan fingerprint density at radius 2 is 1.86 bits per heavy atom. The number of halogens is 6. The number of ketones is 1. The smallest absolute Gasteiger partial charge is 0.384 e. The van der Waals surface area contributed by atoms with Crippen molar-refractivity contribution in [1.82, 2.24) is 15.1 Å². The second-order valence-corrected chi connectivity index (χ2v) is 10.7. The van der Waals surface area contributed by atoms with E-state index < -0.39 is 71.1 Å². The Kier molecular flexibility index (Phi) is 7.95. The molecule has 1 saturated carbocycles. The molecule has 0 saturated heterocycles. The lowest BCUT2D eigenvalue weighted by molar-refractivity contribution is -0.142. The molecule has 2 aromatic carbocycles. The lowest BCUT2D eigenvalue weighted by Gasteiger charge is -2.20. The van der Waals surface area contributed by atoms with Gasteiger partial charge in [0.25, 0.3) is 0 Å². The van der Waals surface area contributed by atoms with Gasteiger partial charge in [-0.05, 0) is 54.7 Å². The number of nitrogens with two attached hydrogens (primary N) is 1. The van der Waals surface area contributed by atoms with E-state index in [0.717, 1.165) is 22.9 Å². The van der Waals surface area contributed by atoms with E-state index in [1.54, 1.807) is 13.8 Å². The van der Waals surface area contributed by atoms with Gasteiger partial charge in [-0.25, -0.2) is 13.2 Å². The van der Waals surface area contributed by atoms with Crippen LogP contribution in [0.15, 0.2) is 52.8 Å². The number of fused-ring (bicyclic) bond motifs is 3. The molecule has 0 aliphatic heterocycles. The fourth-order valence-corrected chi connectivity index (χ4v) is 5.62. The number of benzene rings is 2. The molecule has 8 nitrogen and oxygen atoms in total. The molecule has 3 unspecified atom stereocenters. The molecule has 0 radical (unpaired) electrons. The van der Waals surface area contributed by atoms with Crippen molar-refractivity contribution in [2.75, 3.05) is 0 Å². The molecule has 44 heavy (non-hydrogen) atoms. The van der Waals surface area contributed by atoms with Crippen molar-refractivity contribution in [1.29, 1.82) is 5.41 Å². The molecule has 230 valence electrons. The molecule has 1 heterocycles. The average molecular weight is 617 g/mol. The molecule has 14 heteroatoms. The number of allylic oxidation sites excluding steroid dienone is 2. The zero-order chi connectivity index (χ0) is 32.1. The molecule has 2 aliphatic rings. The van der Waals surface area contributed by atoms with Gasteiger partial charge in [-0.2, -0.15) is 18.3 Å². The number of nitrogens with zero attached hydrogens (tertiary/aromatic N) is 3. The van der Waals surface area contributed by atoms with Gasteiger partial charge in [0.05, 0.1) is 11.3 Å². The number of rotatable bonds is 9. The molecular weight excluding hydrogens is 590 g/mol. The zero-order valence-electron chi connectivity index (χ0n) is 23.4. The number of amides is 1. The van der Waals surface area contributed by atoms with Gasteiger partial charge < -0.3 is 11.1 Å². The quantitative estimate of drug-likeness (QED) is 0.170. The number of carbonyl (C=O) groups excluding carboxylic acids is 2. The van der Waals surface area contributed by atoms with Crippen molar-refractivity contribution < 1.29 is 35.9 Å². The van der Waals surface area contributed by atoms with Crippen LogP contribution in [0.4, 0.5) is 26.3 Å². The molecule has 3 aromatic rings. The van der Waals surface area contributed by atoms with Gasteiger partial charge in [0.15, 0.2) is 11.5 Å². The molecule has 0 spiro atoms. The van der Waals surface area contributed by atoms with Crippen molar-refractivity contribution in [3.63, 3.8) is 0 Å². The predicted octanol–water partition coefficient (Wildman–Crippen LogP) is 5.37. The van der Waals surface area contributed by atoms with E-state index in [9.17, 15) is 35.9 Å². The number of hydrogen-bond acceptors (Lipinski definition) is 5. The highest BCUT2D eigenvalue weighted by Crippen LogP contribution is 2.58. The third-order valence-corrected chi connectivity index (χ3v) is 7.64. The summed E-state index contributed by atoms with van der Waals surface area (Å²) in [6.07, 6.45) is -3.41. The molecule has 3 atom stereocenters. The van der Waals surface area contributed by atoms with Crippen molar-refractivity contribution in [3.05, 3.63) is 98.9 Å². The van der Waals surface area contributed by atoms with Gasteiger partial charge in [-0.3, -0.25) is 24.7 Å². The van der Waals surface area contributed by atoms with Gasteiger partial charge in [0, 0.05) is 41.8 Å². The van der Waals surface area contributed by atoms with Crippen molar-refractivity contribution in [2.45, 2.75) is 51.2 Å². The number of nitrogen functional groups attached to an aromatic ring is 1. The van der Waals surface area contributed by atoms with Crippen LogP contribution < -0.4 is 11.1 Å². The van der Waals surface area contributed by atoms with E-state index in [1.165, 1.54) is 18.3 Å². The second kappa shape index (κ2) is 11.4. The summed E-state index contributed by atoms with van der Waals surface area (Å²) in [5.41, 5.74) is 4.41. The number of alkyl halides is 3. The minimum atomic E-state index is -4.83. The van der Waals surface area contributed by atoms with Crippen LogP contribution in [0.2, 0.25) is 0 Å². The van der Waals surface area contributed by atoms with Crippen LogP contribution in [0.25, 0.3) is 0 Å². The minimum absolute atomic E-state index is 0.0355. The molecule has 1 amide bonds. The number of Topliss-reactive ketones (excluding diaryl/α,β-unsaturated/α-hetero) is 1. The Morgan fingerprint density at radius 1 is 1.18 bits per heavy atom. The maximum Gasteiger partial charge on any atom is 0.435 e. The van der Waals surface area contributed by atoms with Gasteiger partial charge in [0.1, 0.15) is 35.5 Å². The Balaban J connectivity index is 1.55. The molecule has 5 rings (SSSR count). The molecule has 1 aromatic heterocycles. The summed E-state index contributed by atoms with van der Waals surface area (Å²) < 4.78 is 84.4. The lowest BCUT2D eigenvalue weighted by atomic mass is 9.93. The minimum Gasteiger partial charge on any atom is -0.384 e. The first kappa shape index (κ1) is 30.7. The van der Waals surface area contributed by atoms with Crippen molar-refractivity contribution in [3.8, 4) is 0 Å². The largest absolute Gasteiger partial charge is 0.435 e. The number of amidine groups is 1. The summed E-state index contributed by atoms with van der Waals surface area (Å²) in [5.74, 6) is -6.25. The van der Waals surface area contributed by atoms with Crippen LogP contribution in [0.3, 0.4) is 0 Å². The Morgan fingerprint density at radius 3 is 2.48 bits per heavy atom. The monoisotopic (exact) mass is 616 g/mol. The SMILES string of the molecule is CC=N/C(=C(/Cc1cc(F)cc(F)c1)NC(=O)Cn1nc(C(F)(F)F)c2c1C(=O)C1CC21)C(C)c1ccc(F)c(C(=N)N)c1. The topological polar surface area (TPSA) is 126 Å². The van der Waals surface area contributed by atoms with Crippen molar-refractivity contribution in [2.24, 2.45) is 16.6 Å². The van der Waals surface area contributed by atoms with Gasteiger partial charge in [-0.15, -0.1) is 0 Å². The highest BCUT2D eigenvalue weighted by Gasteiger charge is 2.58. The average Bonchev–Trinajstić information content (AvgIpc) is 3.54. The van der Waals surface area contributed by atoms with Crippen LogP contribution in [-0.4, -0.2) is 33.5 Å². The van der Waals surface area contributed by atoms with E-state index in [1.807, 2.05) is 0 Å². The van der Waals surface area contributed by atoms with Crippen LogP contribution >= 0.6 is 0 Å².